The molecule has 0 saturated heterocycles. The quantitative estimate of drug-likeness (QED) is 0.893. The number of benzene rings is 1. The van der Waals surface area contributed by atoms with Crippen LogP contribution < -0.4 is 10.6 Å². The molecule has 0 bridgehead atoms. The summed E-state index contributed by atoms with van der Waals surface area (Å²) in [7, 11) is 2.06. The molecule has 0 radical (unpaired) electrons. The van der Waals surface area contributed by atoms with Gasteiger partial charge in [0.25, 0.3) is 0 Å². The van der Waals surface area contributed by atoms with Gasteiger partial charge >= 0.3 is 0 Å². The van der Waals surface area contributed by atoms with E-state index in [0.29, 0.717) is 0 Å². The summed E-state index contributed by atoms with van der Waals surface area (Å²) in [6, 6.07) is 12.2. The van der Waals surface area contributed by atoms with Crippen LogP contribution in [-0.2, 0) is 0 Å². The summed E-state index contributed by atoms with van der Waals surface area (Å²) in [5.41, 5.74) is 9.18. The average molecular weight is 304 g/mol. The Hall–Kier alpha value is -1.58. The van der Waals surface area contributed by atoms with Gasteiger partial charge in [-0.25, -0.2) is 0 Å². The second-order valence-electron chi connectivity index (χ2n) is 5.30. The van der Waals surface area contributed by atoms with Gasteiger partial charge in [-0.3, -0.25) is 4.98 Å². The number of hydrogen-bond donors (Lipinski definition) is 1. The highest BCUT2D eigenvalue weighted by Gasteiger charge is 2.13. The van der Waals surface area contributed by atoms with Crippen molar-refractivity contribution in [1.29, 1.82) is 0 Å². The summed E-state index contributed by atoms with van der Waals surface area (Å²) in [6.07, 6.45) is 2.77. The van der Waals surface area contributed by atoms with Crippen molar-refractivity contribution in [3.05, 3.63) is 58.9 Å². The first-order valence-electron chi connectivity index (χ1n) is 7.22. The Morgan fingerprint density at radius 2 is 2.05 bits per heavy atom. The summed E-state index contributed by atoms with van der Waals surface area (Å²) in [5, 5.41) is 0.759. The van der Waals surface area contributed by atoms with E-state index in [9.17, 15) is 0 Å². The maximum Gasteiger partial charge on any atom is 0.0572 e. The number of anilines is 1. The first-order valence-corrected chi connectivity index (χ1v) is 7.60. The second-order valence-corrected chi connectivity index (χ2v) is 5.73. The fraction of sp³-hybridized carbons (Fsp3) is 0.353. The molecular formula is C17H22ClN3. The number of rotatable bonds is 5. The summed E-state index contributed by atoms with van der Waals surface area (Å²) < 4.78 is 0. The van der Waals surface area contributed by atoms with Crippen molar-refractivity contribution in [3.8, 4) is 0 Å². The Morgan fingerprint density at radius 1 is 1.29 bits per heavy atom. The van der Waals surface area contributed by atoms with Gasteiger partial charge in [-0.1, -0.05) is 30.7 Å². The number of aromatic nitrogens is 1. The number of halogens is 1. The maximum atomic E-state index is 6.07. The summed E-state index contributed by atoms with van der Waals surface area (Å²) >= 11 is 6.07. The lowest BCUT2D eigenvalue weighted by Gasteiger charge is -2.27. The Morgan fingerprint density at radius 3 is 2.62 bits per heavy atom. The maximum absolute atomic E-state index is 6.07. The van der Waals surface area contributed by atoms with Crippen LogP contribution in [0.3, 0.4) is 0 Å². The van der Waals surface area contributed by atoms with Crippen molar-refractivity contribution in [2.24, 2.45) is 5.73 Å². The standard InChI is InChI=1S/C17H22ClN3/c1-4-16(19)17-9-8-15(11-20-17)21(3)12(2)13-6-5-7-14(18)10-13/h5-12,16H,4,19H2,1-3H3/t12?,16-/m0/s1. The van der Waals surface area contributed by atoms with Gasteiger partial charge in [0, 0.05) is 18.1 Å². The monoisotopic (exact) mass is 303 g/mol. The van der Waals surface area contributed by atoms with E-state index in [1.807, 2.05) is 30.5 Å². The minimum Gasteiger partial charge on any atom is -0.367 e. The summed E-state index contributed by atoms with van der Waals surface area (Å²) in [4.78, 5) is 6.65. The zero-order chi connectivity index (χ0) is 15.4. The predicted octanol–water partition coefficient (Wildman–Crippen LogP) is 4.34. The lowest BCUT2D eigenvalue weighted by molar-refractivity contribution is 0.673. The summed E-state index contributed by atoms with van der Waals surface area (Å²) in [5.74, 6) is 0. The van der Waals surface area contributed by atoms with Crippen LogP contribution in [0.2, 0.25) is 5.02 Å². The zero-order valence-corrected chi connectivity index (χ0v) is 13.5. The van der Waals surface area contributed by atoms with Gasteiger partial charge in [0.2, 0.25) is 0 Å². The second kappa shape index (κ2) is 6.92. The molecule has 0 aliphatic rings. The van der Waals surface area contributed by atoms with Crippen LogP contribution >= 0.6 is 11.6 Å². The van der Waals surface area contributed by atoms with Crippen LogP contribution in [0.15, 0.2) is 42.6 Å². The van der Waals surface area contributed by atoms with Crippen molar-refractivity contribution in [1.82, 2.24) is 4.98 Å². The third-order valence-corrected chi connectivity index (χ3v) is 4.14. The van der Waals surface area contributed by atoms with Gasteiger partial charge in [0.05, 0.1) is 23.6 Å². The first kappa shape index (κ1) is 15.8. The van der Waals surface area contributed by atoms with Crippen LogP contribution in [-0.4, -0.2) is 12.0 Å². The van der Waals surface area contributed by atoms with E-state index in [0.717, 1.165) is 22.8 Å². The number of hydrogen-bond acceptors (Lipinski definition) is 3. The number of nitrogens with two attached hydrogens (primary N) is 1. The minimum atomic E-state index is 0.00899. The predicted molar refractivity (Wildman–Crippen MR) is 89.7 cm³/mol. The highest BCUT2D eigenvalue weighted by molar-refractivity contribution is 6.30. The molecule has 0 aliphatic carbocycles. The minimum absolute atomic E-state index is 0.00899. The SMILES string of the molecule is CC[C@H](N)c1ccc(N(C)C(C)c2cccc(Cl)c2)cn1. The zero-order valence-electron chi connectivity index (χ0n) is 12.8. The van der Waals surface area contributed by atoms with E-state index in [4.69, 9.17) is 17.3 Å². The molecule has 2 rings (SSSR count). The molecule has 2 aromatic rings. The van der Waals surface area contributed by atoms with E-state index in [-0.39, 0.29) is 12.1 Å². The van der Waals surface area contributed by atoms with Gasteiger partial charge < -0.3 is 10.6 Å². The molecule has 1 unspecified atom stereocenters. The van der Waals surface area contributed by atoms with E-state index < -0.39 is 0 Å². The Kier molecular flexibility index (Phi) is 5.21. The van der Waals surface area contributed by atoms with Crippen molar-refractivity contribution < 1.29 is 0 Å². The number of pyridine rings is 1. The molecule has 4 heteroatoms. The molecule has 112 valence electrons. The molecule has 21 heavy (non-hydrogen) atoms. The van der Waals surface area contributed by atoms with Crippen LogP contribution in [0.5, 0.6) is 0 Å². The topological polar surface area (TPSA) is 42.1 Å². The average Bonchev–Trinajstić information content (AvgIpc) is 2.53. The Labute approximate surface area is 131 Å². The van der Waals surface area contributed by atoms with Gasteiger partial charge in [-0.15, -0.1) is 0 Å². The normalized spacial score (nSPS) is 13.8. The third-order valence-electron chi connectivity index (χ3n) is 3.91. The molecule has 0 aliphatic heterocycles. The van der Waals surface area contributed by atoms with E-state index in [1.54, 1.807) is 0 Å². The van der Waals surface area contributed by atoms with Gasteiger partial charge in [-0.2, -0.15) is 0 Å². The lowest BCUT2D eigenvalue weighted by Crippen LogP contribution is -2.22. The highest BCUT2D eigenvalue weighted by Crippen LogP contribution is 2.27. The molecule has 1 aromatic heterocycles. The lowest BCUT2D eigenvalue weighted by atomic mass is 10.1. The van der Waals surface area contributed by atoms with Gasteiger partial charge in [0.1, 0.15) is 0 Å². The molecular weight excluding hydrogens is 282 g/mol. The third kappa shape index (κ3) is 3.74. The first-order chi connectivity index (χ1) is 10.0. The van der Waals surface area contributed by atoms with Crippen LogP contribution in [0.4, 0.5) is 5.69 Å². The van der Waals surface area contributed by atoms with Crippen LogP contribution in [0, 0.1) is 0 Å². The van der Waals surface area contributed by atoms with Crippen molar-refractivity contribution >= 4 is 17.3 Å². The van der Waals surface area contributed by atoms with Crippen LogP contribution in [0.1, 0.15) is 43.6 Å². The Balaban J connectivity index is 2.17. The molecule has 1 aromatic carbocycles. The van der Waals surface area contributed by atoms with Gasteiger partial charge in [-0.05, 0) is 43.2 Å². The van der Waals surface area contributed by atoms with E-state index >= 15 is 0 Å². The fourth-order valence-electron chi connectivity index (χ4n) is 2.25. The van der Waals surface area contributed by atoms with E-state index in [2.05, 4.69) is 42.9 Å². The molecule has 0 amide bonds. The Bertz CT molecular complexity index is 583. The van der Waals surface area contributed by atoms with E-state index in [1.165, 1.54) is 5.56 Å². The van der Waals surface area contributed by atoms with Gasteiger partial charge in [0.15, 0.2) is 0 Å². The van der Waals surface area contributed by atoms with Crippen molar-refractivity contribution in [2.45, 2.75) is 32.4 Å². The smallest absolute Gasteiger partial charge is 0.0572 e. The summed E-state index contributed by atoms with van der Waals surface area (Å²) in [6.45, 7) is 4.21. The molecule has 0 spiro atoms. The molecule has 0 fully saturated rings. The van der Waals surface area contributed by atoms with Crippen molar-refractivity contribution in [3.63, 3.8) is 0 Å². The molecule has 3 nitrogen and oxygen atoms in total. The molecule has 2 N–H and O–H groups in total. The molecule has 0 saturated carbocycles. The fourth-order valence-corrected chi connectivity index (χ4v) is 2.45. The largest absolute Gasteiger partial charge is 0.367 e. The van der Waals surface area contributed by atoms with Crippen molar-refractivity contribution in [2.75, 3.05) is 11.9 Å². The molecule has 2 atom stereocenters. The van der Waals surface area contributed by atoms with Crippen LogP contribution in [0.25, 0.3) is 0 Å². The highest BCUT2D eigenvalue weighted by atomic mass is 35.5. The number of nitrogens with zero attached hydrogens (tertiary/aromatic N) is 2. The molecule has 1 heterocycles.